The molecule has 1 heterocycles. The normalized spacial score (nSPS) is 16.9. The van der Waals surface area contributed by atoms with Crippen LogP contribution in [-0.2, 0) is 6.54 Å². The summed E-state index contributed by atoms with van der Waals surface area (Å²) in [5.74, 6) is 0.794. The quantitative estimate of drug-likeness (QED) is 0.418. The molecule has 0 aromatic heterocycles. The van der Waals surface area contributed by atoms with Crippen LogP contribution in [0.3, 0.4) is 0 Å². The molecule has 0 radical (unpaired) electrons. The van der Waals surface area contributed by atoms with Gasteiger partial charge in [-0.25, -0.2) is 0 Å². The van der Waals surface area contributed by atoms with E-state index < -0.39 is 0 Å². The predicted octanol–water partition coefficient (Wildman–Crippen LogP) is 6.06. The van der Waals surface area contributed by atoms with Crippen LogP contribution in [0.15, 0.2) is 48.5 Å². The second-order valence-corrected chi connectivity index (χ2v) is 9.05. The molecule has 0 atom stereocenters. The molecule has 0 unspecified atom stereocenters. The van der Waals surface area contributed by atoms with Crippen molar-refractivity contribution >= 4 is 27.8 Å². The fourth-order valence-corrected chi connectivity index (χ4v) is 4.63. The van der Waals surface area contributed by atoms with Gasteiger partial charge in [-0.05, 0) is 64.4 Å². The summed E-state index contributed by atoms with van der Waals surface area (Å²) in [7, 11) is 0. The van der Waals surface area contributed by atoms with Crippen molar-refractivity contribution in [2.24, 2.45) is 11.3 Å². The van der Waals surface area contributed by atoms with E-state index in [1.165, 1.54) is 29.0 Å². The number of hydrogen-bond donors (Lipinski definition) is 0. The van der Waals surface area contributed by atoms with E-state index in [1.54, 1.807) is 0 Å². The van der Waals surface area contributed by atoms with E-state index in [2.05, 4.69) is 74.2 Å². The molecule has 2 heteroatoms. The molecule has 140 valence electrons. The summed E-state index contributed by atoms with van der Waals surface area (Å²) < 4.78 is 0. The topological polar surface area (TPSA) is 20.3 Å². The summed E-state index contributed by atoms with van der Waals surface area (Å²) >= 11 is 0. The lowest BCUT2D eigenvalue weighted by molar-refractivity contribution is 0.107. The van der Waals surface area contributed by atoms with Gasteiger partial charge in [-0.15, -0.1) is 0 Å². The van der Waals surface area contributed by atoms with Gasteiger partial charge in [0.2, 0.25) is 0 Å². The molecule has 3 aromatic rings. The van der Waals surface area contributed by atoms with E-state index in [0.29, 0.717) is 5.41 Å². The Hall–Kier alpha value is -2.19. The van der Waals surface area contributed by atoms with Gasteiger partial charge in [0.15, 0.2) is 6.29 Å². The van der Waals surface area contributed by atoms with Crippen LogP contribution in [0, 0.1) is 11.3 Å². The summed E-state index contributed by atoms with van der Waals surface area (Å²) in [5.41, 5.74) is 2.41. The van der Waals surface area contributed by atoms with E-state index in [-0.39, 0.29) is 0 Å². The van der Waals surface area contributed by atoms with E-state index in [9.17, 15) is 4.79 Å². The molecule has 4 rings (SSSR count). The van der Waals surface area contributed by atoms with Gasteiger partial charge in [0, 0.05) is 12.1 Å². The molecule has 1 aliphatic rings. The average Bonchev–Trinajstić information content (AvgIpc) is 2.67. The van der Waals surface area contributed by atoms with Gasteiger partial charge in [0.05, 0.1) is 0 Å². The Morgan fingerprint density at radius 2 is 1.63 bits per heavy atom. The molecular formula is C25H29NO. The predicted molar refractivity (Wildman–Crippen MR) is 114 cm³/mol. The molecule has 2 nitrogen and oxygen atoms in total. The number of benzene rings is 3. The lowest BCUT2D eigenvalue weighted by Gasteiger charge is -2.39. The zero-order valence-electron chi connectivity index (χ0n) is 16.7. The minimum absolute atomic E-state index is 0.393. The largest absolute Gasteiger partial charge is 0.299 e. The lowest BCUT2D eigenvalue weighted by atomic mass is 9.75. The van der Waals surface area contributed by atoms with Crippen molar-refractivity contribution in [1.29, 1.82) is 0 Å². The molecule has 0 aliphatic carbocycles. The van der Waals surface area contributed by atoms with Crippen molar-refractivity contribution < 1.29 is 4.79 Å². The third-order valence-electron chi connectivity index (χ3n) is 6.38. The van der Waals surface area contributed by atoms with Crippen molar-refractivity contribution in [3.63, 3.8) is 0 Å². The van der Waals surface area contributed by atoms with Gasteiger partial charge in [-0.1, -0.05) is 69.3 Å². The first-order valence-corrected chi connectivity index (χ1v) is 10.1. The molecule has 3 aromatic carbocycles. The molecule has 0 N–H and O–H groups in total. The highest BCUT2D eigenvalue weighted by molar-refractivity contribution is 6.12. The first kappa shape index (κ1) is 18.2. The smallest absolute Gasteiger partial charge is 0.151 e. The molecule has 0 saturated carbocycles. The number of hydrogen-bond acceptors (Lipinski definition) is 2. The molecule has 1 aliphatic heterocycles. The van der Waals surface area contributed by atoms with E-state index in [4.69, 9.17) is 0 Å². The Morgan fingerprint density at radius 1 is 0.926 bits per heavy atom. The third-order valence-corrected chi connectivity index (χ3v) is 6.38. The SMILES string of the molecule is CC(C)(C)C1CCN(Cc2ccc3c(ccc4ccccc43)c2C=O)CC1. The van der Waals surface area contributed by atoms with Crippen molar-refractivity contribution in [3.8, 4) is 0 Å². The number of rotatable bonds is 3. The Balaban J connectivity index is 1.63. The summed E-state index contributed by atoms with van der Waals surface area (Å²) in [6.45, 7) is 10.2. The monoisotopic (exact) mass is 359 g/mol. The number of fused-ring (bicyclic) bond motifs is 3. The number of carbonyl (C=O) groups excluding carboxylic acids is 1. The highest BCUT2D eigenvalue weighted by atomic mass is 16.1. The Bertz CT molecular complexity index is 975. The van der Waals surface area contributed by atoms with Gasteiger partial charge in [-0.2, -0.15) is 0 Å². The van der Waals surface area contributed by atoms with Crippen molar-refractivity contribution in [1.82, 2.24) is 4.90 Å². The second kappa shape index (κ2) is 7.09. The van der Waals surface area contributed by atoms with Crippen LogP contribution in [0.4, 0.5) is 0 Å². The summed E-state index contributed by atoms with van der Waals surface area (Å²) in [6, 6.07) is 17.0. The number of likely N-dealkylation sites (tertiary alicyclic amines) is 1. The Morgan fingerprint density at radius 3 is 2.33 bits per heavy atom. The molecular weight excluding hydrogens is 330 g/mol. The number of piperidine rings is 1. The Kier molecular flexibility index (Phi) is 4.77. The van der Waals surface area contributed by atoms with Gasteiger partial charge in [-0.3, -0.25) is 9.69 Å². The fourth-order valence-electron chi connectivity index (χ4n) is 4.63. The second-order valence-electron chi connectivity index (χ2n) is 9.05. The van der Waals surface area contributed by atoms with Crippen LogP contribution in [0.5, 0.6) is 0 Å². The molecule has 27 heavy (non-hydrogen) atoms. The molecule has 1 saturated heterocycles. The van der Waals surface area contributed by atoms with Crippen molar-refractivity contribution in [3.05, 3.63) is 59.7 Å². The van der Waals surface area contributed by atoms with E-state index in [1.807, 2.05) is 0 Å². The van der Waals surface area contributed by atoms with Crippen LogP contribution >= 0.6 is 0 Å². The van der Waals surface area contributed by atoms with Crippen LogP contribution in [-0.4, -0.2) is 24.3 Å². The number of carbonyl (C=O) groups is 1. The van der Waals surface area contributed by atoms with E-state index in [0.717, 1.165) is 48.4 Å². The van der Waals surface area contributed by atoms with Gasteiger partial charge in [0.25, 0.3) is 0 Å². The third kappa shape index (κ3) is 3.51. The van der Waals surface area contributed by atoms with Gasteiger partial charge < -0.3 is 0 Å². The maximum absolute atomic E-state index is 12.0. The fraction of sp³-hybridized carbons (Fsp3) is 0.400. The number of aldehydes is 1. The first-order valence-electron chi connectivity index (χ1n) is 10.1. The van der Waals surface area contributed by atoms with Crippen LogP contribution in [0.1, 0.15) is 49.5 Å². The van der Waals surface area contributed by atoms with Gasteiger partial charge in [0.1, 0.15) is 0 Å². The zero-order valence-corrected chi connectivity index (χ0v) is 16.7. The molecule has 1 fully saturated rings. The average molecular weight is 360 g/mol. The molecule has 0 bridgehead atoms. The first-order chi connectivity index (χ1) is 13.0. The standard InChI is InChI=1S/C25H29NO/c1-25(2,3)20-12-14-26(15-13-20)16-19-9-11-22-21-7-5-4-6-18(21)8-10-23(22)24(19)17-27/h4-11,17,20H,12-16H2,1-3H3. The minimum atomic E-state index is 0.393. The molecule has 0 amide bonds. The van der Waals surface area contributed by atoms with Crippen LogP contribution in [0.2, 0.25) is 0 Å². The van der Waals surface area contributed by atoms with Gasteiger partial charge >= 0.3 is 0 Å². The summed E-state index contributed by atoms with van der Waals surface area (Å²) in [6.07, 6.45) is 3.55. The van der Waals surface area contributed by atoms with E-state index >= 15 is 0 Å². The summed E-state index contributed by atoms with van der Waals surface area (Å²) in [5, 5.41) is 4.69. The highest BCUT2D eigenvalue weighted by Gasteiger charge is 2.28. The highest BCUT2D eigenvalue weighted by Crippen LogP contribution is 2.35. The van der Waals surface area contributed by atoms with Crippen LogP contribution < -0.4 is 0 Å². The van der Waals surface area contributed by atoms with Crippen LogP contribution in [0.25, 0.3) is 21.5 Å². The zero-order chi connectivity index (χ0) is 19.0. The maximum Gasteiger partial charge on any atom is 0.151 e. The summed E-state index contributed by atoms with van der Waals surface area (Å²) in [4.78, 5) is 14.5. The maximum atomic E-state index is 12.0. The molecule has 0 spiro atoms. The minimum Gasteiger partial charge on any atom is -0.299 e. The Labute approximate surface area is 162 Å². The van der Waals surface area contributed by atoms with Crippen molar-refractivity contribution in [2.75, 3.05) is 13.1 Å². The number of nitrogens with zero attached hydrogens (tertiary/aromatic N) is 1. The van der Waals surface area contributed by atoms with Crippen molar-refractivity contribution in [2.45, 2.75) is 40.2 Å². The lowest BCUT2D eigenvalue weighted by Crippen LogP contribution is -2.37.